The minimum Gasteiger partial charge on any atom is -0.480 e. The predicted octanol–water partition coefficient (Wildman–Crippen LogP) is -0.166. The average molecular weight is 505 g/mol. The SMILES string of the molecule is CSCCC(NC(=O)C(C)NC(=O)C(N)Cc1cnc[nH]1)C(=O)NC(Cc1ccccc1)C(=O)O. The number of aromatic nitrogens is 2. The summed E-state index contributed by atoms with van der Waals surface area (Å²) >= 11 is 1.48. The molecule has 7 N–H and O–H groups in total. The van der Waals surface area contributed by atoms with Gasteiger partial charge < -0.3 is 31.8 Å². The molecule has 11 nitrogen and oxygen atoms in total. The van der Waals surface area contributed by atoms with Crippen LogP contribution in [0.4, 0.5) is 0 Å². The van der Waals surface area contributed by atoms with Crippen molar-refractivity contribution >= 4 is 35.5 Å². The Balaban J connectivity index is 1.97. The average Bonchev–Trinajstić information content (AvgIpc) is 3.34. The highest BCUT2D eigenvalue weighted by Gasteiger charge is 2.28. The Hall–Kier alpha value is -3.38. The van der Waals surface area contributed by atoms with Crippen molar-refractivity contribution in [2.45, 2.75) is 50.4 Å². The molecule has 0 aliphatic carbocycles. The number of carboxylic acids is 1. The molecule has 0 spiro atoms. The summed E-state index contributed by atoms with van der Waals surface area (Å²) < 4.78 is 0. The van der Waals surface area contributed by atoms with Crippen LogP contribution in [-0.2, 0) is 32.0 Å². The summed E-state index contributed by atoms with van der Waals surface area (Å²) in [4.78, 5) is 56.5. The topological polar surface area (TPSA) is 179 Å². The van der Waals surface area contributed by atoms with Crippen LogP contribution in [0.5, 0.6) is 0 Å². The van der Waals surface area contributed by atoms with Crippen molar-refractivity contribution in [1.29, 1.82) is 0 Å². The first-order valence-electron chi connectivity index (χ1n) is 11.1. The van der Waals surface area contributed by atoms with Crippen LogP contribution in [0.1, 0.15) is 24.6 Å². The Labute approximate surface area is 208 Å². The van der Waals surface area contributed by atoms with Crippen molar-refractivity contribution in [3.8, 4) is 0 Å². The van der Waals surface area contributed by atoms with Crippen molar-refractivity contribution < 1.29 is 24.3 Å². The van der Waals surface area contributed by atoms with Crippen LogP contribution in [0.2, 0.25) is 0 Å². The van der Waals surface area contributed by atoms with Gasteiger partial charge in [-0.15, -0.1) is 0 Å². The summed E-state index contributed by atoms with van der Waals surface area (Å²) in [5.74, 6) is -2.33. The van der Waals surface area contributed by atoms with Crippen molar-refractivity contribution in [1.82, 2.24) is 25.9 Å². The molecule has 0 saturated carbocycles. The minimum atomic E-state index is -1.18. The Morgan fingerprint density at radius 1 is 1.03 bits per heavy atom. The third-order valence-electron chi connectivity index (χ3n) is 5.22. The van der Waals surface area contributed by atoms with E-state index in [4.69, 9.17) is 5.73 Å². The van der Waals surface area contributed by atoms with Gasteiger partial charge >= 0.3 is 5.97 Å². The number of carbonyl (C=O) groups is 4. The molecular weight excluding hydrogens is 472 g/mol. The lowest BCUT2D eigenvalue weighted by atomic mass is 10.1. The molecule has 0 radical (unpaired) electrons. The van der Waals surface area contributed by atoms with Crippen LogP contribution in [0.25, 0.3) is 0 Å². The number of benzene rings is 1. The van der Waals surface area contributed by atoms with E-state index in [1.165, 1.54) is 25.0 Å². The summed E-state index contributed by atoms with van der Waals surface area (Å²) in [5, 5.41) is 17.3. The summed E-state index contributed by atoms with van der Waals surface area (Å²) in [6.07, 6.45) is 5.50. The molecule has 1 heterocycles. The zero-order valence-electron chi connectivity index (χ0n) is 19.7. The Bertz CT molecular complexity index is 972. The molecule has 1 aromatic carbocycles. The van der Waals surface area contributed by atoms with Gasteiger partial charge in [-0.05, 0) is 30.9 Å². The van der Waals surface area contributed by atoms with Gasteiger partial charge in [-0.3, -0.25) is 14.4 Å². The second kappa shape index (κ2) is 14.1. The number of imidazole rings is 1. The normalized spacial score (nSPS) is 14.3. The number of hydrogen-bond donors (Lipinski definition) is 6. The Morgan fingerprint density at radius 2 is 1.71 bits per heavy atom. The van der Waals surface area contributed by atoms with E-state index in [0.717, 1.165) is 5.56 Å². The van der Waals surface area contributed by atoms with Gasteiger partial charge in [-0.2, -0.15) is 11.8 Å². The molecule has 190 valence electrons. The van der Waals surface area contributed by atoms with Gasteiger partial charge in [-0.25, -0.2) is 9.78 Å². The number of aromatic amines is 1. The largest absolute Gasteiger partial charge is 0.480 e. The van der Waals surface area contributed by atoms with Crippen LogP contribution >= 0.6 is 11.8 Å². The number of amides is 3. The summed E-state index contributed by atoms with van der Waals surface area (Å²) in [6, 6.07) is 4.96. The maximum atomic E-state index is 12.9. The van der Waals surface area contributed by atoms with E-state index < -0.39 is 47.9 Å². The third kappa shape index (κ3) is 9.41. The van der Waals surface area contributed by atoms with Gasteiger partial charge in [0.2, 0.25) is 17.7 Å². The molecular formula is C23H32N6O5S. The molecule has 2 rings (SSSR count). The molecule has 35 heavy (non-hydrogen) atoms. The minimum absolute atomic E-state index is 0.103. The Kier molecular flexibility index (Phi) is 11.2. The fourth-order valence-corrected chi connectivity index (χ4v) is 3.71. The molecule has 0 fully saturated rings. The van der Waals surface area contributed by atoms with Gasteiger partial charge in [0.05, 0.1) is 12.4 Å². The number of nitrogens with two attached hydrogens (primary N) is 1. The van der Waals surface area contributed by atoms with Gasteiger partial charge in [0.15, 0.2) is 0 Å². The van der Waals surface area contributed by atoms with E-state index >= 15 is 0 Å². The maximum absolute atomic E-state index is 12.9. The summed E-state index contributed by atoms with van der Waals surface area (Å²) in [5.41, 5.74) is 7.34. The van der Waals surface area contributed by atoms with Crippen LogP contribution in [0.15, 0.2) is 42.9 Å². The van der Waals surface area contributed by atoms with Crippen molar-refractivity contribution in [3.63, 3.8) is 0 Å². The van der Waals surface area contributed by atoms with E-state index in [0.29, 0.717) is 11.4 Å². The van der Waals surface area contributed by atoms with E-state index in [1.807, 2.05) is 12.3 Å². The molecule has 12 heteroatoms. The van der Waals surface area contributed by atoms with E-state index in [9.17, 15) is 24.3 Å². The van der Waals surface area contributed by atoms with E-state index in [1.54, 1.807) is 30.5 Å². The molecule has 4 atom stereocenters. The lowest BCUT2D eigenvalue weighted by Crippen LogP contribution is -2.56. The standard InChI is InChI=1S/C23H32N6O5S/c1-14(27-21(31)17(24)11-16-12-25-13-26-16)20(30)28-18(8-9-35-2)22(32)29-19(23(33)34)10-15-6-4-3-5-7-15/h3-7,12-14,17-19H,8-11,24H2,1-2H3,(H,25,26)(H,27,31)(H,28,30)(H,29,32)(H,33,34). The first-order valence-corrected chi connectivity index (χ1v) is 12.5. The fourth-order valence-electron chi connectivity index (χ4n) is 3.24. The first-order chi connectivity index (χ1) is 16.7. The molecule has 0 saturated heterocycles. The highest BCUT2D eigenvalue weighted by atomic mass is 32.2. The van der Waals surface area contributed by atoms with Crippen LogP contribution in [-0.4, -0.2) is 74.9 Å². The number of rotatable bonds is 14. The summed E-state index contributed by atoms with van der Waals surface area (Å²) in [7, 11) is 0. The van der Waals surface area contributed by atoms with Gasteiger partial charge in [-0.1, -0.05) is 30.3 Å². The number of thioether (sulfide) groups is 1. The van der Waals surface area contributed by atoms with Crippen LogP contribution in [0.3, 0.4) is 0 Å². The van der Waals surface area contributed by atoms with Gasteiger partial charge in [0.25, 0.3) is 0 Å². The number of nitrogens with zero attached hydrogens (tertiary/aromatic N) is 1. The van der Waals surface area contributed by atoms with E-state index in [2.05, 4.69) is 25.9 Å². The number of H-pyrrole nitrogens is 1. The maximum Gasteiger partial charge on any atom is 0.326 e. The van der Waals surface area contributed by atoms with Crippen LogP contribution < -0.4 is 21.7 Å². The second-order valence-corrected chi connectivity index (χ2v) is 9.04. The van der Waals surface area contributed by atoms with Crippen LogP contribution in [0, 0.1) is 0 Å². The summed E-state index contributed by atoms with van der Waals surface area (Å²) in [6.45, 7) is 1.48. The number of carbonyl (C=O) groups excluding carboxylic acids is 3. The smallest absolute Gasteiger partial charge is 0.326 e. The highest BCUT2D eigenvalue weighted by molar-refractivity contribution is 7.98. The number of aliphatic carboxylic acids is 1. The molecule has 3 amide bonds. The number of nitrogens with one attached hydrogen (secondary N) is 4. The zero-order valence-corrected chi connectivity index (χ0v) is 20.5. The predicted molar refractivity (Wildman–Crippen MR) is 133 cm³/mol. The van der Waals surface area contributed by atoms with E-state index in [-0.39, 0.29) is 19.3 Å². The first kappa shape index (κ1) is 27.9. The monoisotopic (exact) mass is 504 g/mol. The second-order valence-electron chi connectivity index (χ2n) is 8.05. The fraction of sp³-hybridized carbons (Fsp3) is 0.435. The molecule has 0 aliphatic heterocycles. The quantitative estimate of drug-likeness (QED) is 0.205. The lowest BCUT2D eigenvalue weighted by Gasteiger charge is -2.23. The number of carboxylic acid groups (broad SMARTS) is 1. The third-order valence-corrected chi connectivity index (χ3v) is 5.87. The van der Waals surface area contributed by atoms with Crippen molar-refractivity contribution in [2.24, 2.45) is 5.73 Å². The lowest BCUT2D eigenvalue weighted by molar-refractivity contribution is -0.142. The van der Waals surface area contributed by atoms with Crippen molar-refractivity contribution in [2.75, 3.05) is 12.0 Å². The molecule has 4 unspecified atom stereocenters. The highest BCUT2D eigenvalue weighted by Crippen LogP contribution is 2.07. The number of hydrogen-bond acceptors (Lipinski definition) is 7. The molecule has 0 bridgehead atoms. The molecule has 0 aliphatic rings. The Morgan fingerprint density at radius 3 is 2.31 bits per heavy atom. The zero-order chi connectivity index (χ0) is 25.8. The van der Waals surface area contributed by atoms with Gasteiger partial charge in [0.1, 0.15) is 18.1 Å². The molecule has 1 aromatic heterocycles. The van der Waals surface area contributed by atoms with Crippen molar-refractivity contribution in [3.05, 3.63) is 54.1 Å². The van der Waals surface area contributed by atoms with Gasteiger partial charge in [0, 0.05) is 24.7 Å². The molecule has 2 aromatic rings.